The molecule has 0 saturated heterocycles. The molecule has 1 nitrogen and oxygen atoms in total. The van der Waals surface area contributed by atoms with Crippen molar-refractivity contribution in [2.75, 3.05) is 0 Å². The Labute approximate surface area is 87.7 Å². The number of rotatable bonds is 3. The number of pyridine rings is 1. The summed E-state index contributed by atoms with van der Waals surface area (Å²) in [6.45, 7) is 2.34. The fourth-order valence-corrected chi connectivity index (χ4v) is 2.25. The number of halogens is 1. The molecule has 0 amide bonds. The van der Waals surface area contributed by atoms with E-state index in [1.54, 1.807) is 0 Å². The summed E-state index contributed by atoms with van der Waals surface area (Å²) in [5.41, 5.74) is 1.73. The molecule has 0 bridgehead atoms. The van der Waals surface area contributed by atoms with Crippen LogP contribution in [0, 0.1) is 5.41 Å². The van der Waals surface area contributed by atoms with Gasteiger partial charge in [-0.1, -0.05) is 28.9 Å². The van der Waals surface area contributed by atoms with E-state index in [1.165, 1.54) is 18.5 Å². The van der Waals surface area contributed by atoms with Crippen LogP contribution in [0.4, 0.5) is 0 Å². The molecule has 0 aliphatic heterocycles. The van der Waals surface area contributed by atoms with Gasteiger partial charge in [0.2, 0.25) is 0 Å². The fraction of sp³-hybridized carbons (Fsp3) is 0.545. The van der Waals surface area contributed by atoms with Crippen LogP contribution in [0.3, 0.4) is 0 Å². The van der Waals surface area contributed by atoms with Gasteiger partial charge in [0.1, 0.15) is 0 Å². The van der Waals surface area contributed by atoms with E-state index >= 15 is 0 Å². The zero-order valence-electron chi connectivity index (χ0n) is 7.83. The molecule has 1 aliphatic carbocycles. The Balaban J connectivity index is 1.98. The van der Waals surface area contributed by atoms with Crippen molar-refractivity contribution in [3.05, 3.63) is 30.1 Å². The minimum Gasteiger partial charge on any atom is -0.261 e. The Morgan fingerprint density at radius 1 is 1.54 bits per heavy atom. The lowest BCUT2D eigenvalue weighted by Gasteiger charge is -2.15. The maximum atomic E-state index is 4.33. The average molecular weight is 240 g/mol. The third-order valence-corrected chi connectivity index (χ3v) is 4.34. The Bertz CT molecular complexity index is 279. The standard InChI is InChI=1S/C11H14BrN/c1-11(5-6-11)10(12)8-9-4-2-3-7-13-9/h2-4,7,10H,5-6,8H2,1H3. The van der Waals surface area contributed by atoms with Gasteiger partial charge >= 0.3 is 0 Å². The van der Waals surface area contributed by atoms with Crippen LogP contribution in [0.2, 0.25) is 0 Å². The lowest BCUT2D eigenvalue weighted by Crippen LogP contribution is -2.15. The minimum absolute atomic E-state index is 0.539. The monoisotopic (exact) mass is 239 g/mol. The molecule has 1 fully saturated rings. The van der Waals surface area contributed by atoms with Crippen LogP contribution in [-0.4, -0.2) is 9.81 Å². The van der Waals surface area contributed by atoms with Crippen LogP contribution >= 0.6 is 15.9 Å². The van der Waals surface area contributed by atoms with Crippen LogP contribution in [0.15, 0.2) is 24.4 Å². The van der Waals surface area contributed by atoms with Gasteiger partial charge in [-0.25, -0.2) is 0 Å². The predicted octanol–water partition coefficient (Wildman–Crippen LogP) is 3.19. The predicted molar refractivity (Wildman–Crippen MR) is 58.0 cm³/mol. The van der Waals surface area contributed by atoms with E-state index in [9.17, 15) is 0 Å². The van der Waals surface area contributed by atoms with Crippen molar-refractivity contribution >= 4 is 15.9 Å². The van der Waals surface area contributed by atoms with Gasteiger partial charge in [-0.2, -0.15) is 0 Å². The summed E-state index contributed by atoms with van der Waals surface area (Å²) in [4.78, 5) is 4.92. The molecule has 13 heavy (non-hydrogen) atoms. The van der Waals surface area contributed by atoms with Crippen LogP contribution in [0.25, 0.3) is 0 Å². The lowest BCUT2D eigenvalue weighted by atomic mass is 10.0. The molecule has 1 aromatic heterocycles. The summed E-state index contributed by atoms with van der Waals surface area (Å²) in [5, 5.41) is 0. The van der Waals surface area contributed by atoms with E-state index in [4.69, 9.17) is 0 Å². The second kappa shape index (κ2) is 3.41. The molecule has 1 saturated carbocycles. The minimum atomic E-state index is 0.539. The molecule has 1 heterocycles. The fourth-order valence-electron chi connectivity index (χ4n) is 1.46. The molecule has 1 atom stereocenters. The van der Waals surface area contributed by atoms with Gasteiger partial charge in [0.05, 0.1) is 0 Å². The van der Waals surface area contributed by atoms with Crippen molar-refractivity contribution in [1.29, 1.82) is 0 Å². The zero-order valence-corrected chi connectivity index (χ0v) is 9.42. The van der Waals surface area contributed by atoms with Crippen molar-refractivity contribution < 1.29 is 0 Å². The highest BCUT2D eigenvalue weighted by molar-refractivity contribution is 9.09. The molecule has 0 N–H and O–H groups in total. The first-order valence-electron chi connectivity index (χ1n) is 4.75. The zero-order chi connectivity index (χ0) is 9.31. The number of hydrogen-bond donors (Lipinski definition) is 0. The van der Waals surface area contributed by atoms with Crippen LogP contribution in [0.5, 0.6) is 0 Å². The van der Waals surface area contributed by atoms with Gasteiger partial charge in [-0.3, -0.25) is 4.98 Å². The van der Waals surface area contributed by atoms with Gasteiger partial charge in [0.25, 0.3) is 0 Å². The van der Waals surface area contributed by atoms with E-state index in [0.717, 1.165) is 6.42 Å². The van der Waals surface area contributed by atoms with E-state index in [0.29, 0.717) is 10.2 Å². The lowest BCUT2D eigenvalue weighted by molar-refractivity contribution is 0.540. The van der Waals surface area contributed by atoms with Crippen molar-refractivity contribution in [3.8, 4) is 0 Å². The number of aromatic nitrogens is 1. The van der Waals surface area contributed by atoms with Crippen molar-refractivity contribution in [2.45, 2.75) is 31.0 Å². The first-order chi connectivity index (χ1) is 6.21. The molecule has 1 aliphatic rings. The number of alkyl halides is 1. The highest BCUT2D eigenvalue weighted by Gasteiger charge is 2.43. The van der Waals surface area contributed by atoms with Crippen molar-refractivity contribution in [2.24, 2.45) is 5.41 Å². The summed E-state index contributed by atoms with van der Waals surface area (Å²) in [6.07, 6.45) is 5.63. The molecule has 0 aromatic carbocycles. The molecule has 1 aromatic rings. The Kier molecular flexibility index (Phi) is 2.41. The van der Waals surface area contributed by atoms with Crippen molar-refractivity contribution in [3.63, 3.8) is 0 Å². The molecule has 2 rings (SSSR count). The Morgan fingerprint density at radius 3 is 2.85 bits per heavy atom. The molecular formula is C11H14BrN. The quantitative estimate of drug-likeness (QED) is 0.739. The van der Waals surface area contributed by atoms with E-state index in [1.807, 2.05) is 12.3 Å². The topological polar surface area (TPSA) is 12.9 Å². The highest BCUT2D eigenvalue weighted by atomic mass is 79.9. The highest BCUT2D eigenvalue weighted by Crippen LogP contribution is 2.51. The molecule has 70 valence electrons. The van der Waals surface area contributed by atoms with Crippen LogP contribution < -0.4 is 0 Å². The largest absolute Gasteiger partial charge is 0.261 e. The first kappa shape index (κ1) is 9.20. The second-order valence-electron chi connectivity index (χ2n) is 4.15. The first-order valence-corrected chi connectivity index (χ1v) is 5.66. The second-order valence-corrected chi connectivity index (χ2v) is 5.25. The molecule has 0 spiro atoms. The summed E-state index contributed by atoms with van der Waals surface area (Å²) < 4.78 is 0. The third kappa shape index (κ3) is 2.11. The van der Waals surface area contributed by atoms with Crippen LogP contribution in [0.1, 0.15) is 25.5 Å². The van der Waals surface area contributed by atoms with E-state index < -0.39 is 0 Å². The number of nitrogens with zero attached hydrogens (tertiary/aromatic N) is 1. The van der Waals surface area contributed by atoms with Crippen LogP contribution in [-0.2, 0) is 6.42 Å². The van der Waals surface area contributed by atoms with Crippen molar-refractivity contribution in [1.82, 2.24) is 4.98 Å². The molecular weight excluding hydrogens is 226 g/mol. The van der Waals surface area contributed by atoms with Gasteiger partial charge in [-0.15, -0.1) is 0 Å². The van der Waals surface area contributed by atoms with Gasteiger partial charge in [0, 0.05) is 23.1 Å². The van der Waals surface area contributed by atoms with Gasteiger partial charge < -0.3 is 0 Å². The summed E-state index contributed by atoms with van der Waals surface area (Å²) >= 11 is 3.76. The maximum Gasteiger partial charge on any atom is 0.0414 e. The average Bonchev–Trinajstić information content (AvgIpc) is 2.87. The summed E-state index contributed by atoms with van der Waals surface area (Å²) in [7, 11) is 0. The smallest absolute Gasteiger partial charge is 0.0414 e. The normalized spacial score (nSPS) is 21.1. The third-order valence-electron chi connectivity index (χ3n) is 2.91. The van der Waals surface area contributed by atoms with Gasteiger partial charge in [-0.05, 0) is 30.4 Å². The molecule has 2 heteroatoms. The molecule has 1 unspecified atom stereocenters. The number of hydrogen-bond acceptors (Lipinski definition) is 1. The maximum absolute atomic E-state index is 4.33. The summed E-state index contributed by atoms with van der Waals surface area (Å²) in [5.74, 6) is 0. The Morgan fingerprint density at radius 2 is 2.31 bits per heavy atom. The summed E-state index contributed by atoms with van der Waals surface area (Å²) in [6, 6.07) is 6.11. The van der Waals surface area contributed by atoms with E-state index in [2.05, 4.69) is 40.0 Å². The van der Waals surface area contributed by atoms with E-state index in [-0.39, 0.29) is 0 Å². The molecule has 0 radical (unpaired) electrons. The van der Waals surface area contributed by atoms with Gasteiger partial charge in [0.15, 0.2) is 0 Å². The Hall–Kier alpha value is -0.370. The SMILES string of the molecule is CC1(C(Br)Cc2ccccn2)CC1.